The number of rotatable bonds is 5. The Hall–Kier alpha value is -1.84. The Kier molecular flexibility index (Phi) is 7.14. The zero-order valence-electron chi connectivity index (χ0n) is 17.8. The van der Waals surface area contributed by atoms with Crippen molar-refractivity contribution in [1.29, 1.82) is 0 Å². The molecule has 0 radical (unpaired) electrons. The third kappa shape index (κ3) is 5.36. The van der Waals surface area contributed by atoms with Crippen molar-refractivity contribution in [1.82, 2.24) is 9.80 Å². The maximum Gasteiger partial charge on any atom is 0.225 e. The molecule has 0 spiro atoms. The van der Waals surface area contributed by atoms with Gasteiger partial charge in [0.1, 0.15) is 0 Å². The smallest absolute Gasteiger partial charge is 0.225 e. The Morgan fingerprint density at radius 2 is 1.50 bits per heavy atom. The van der Waals surface area contributed by atoms with E-state index in [4.69, 9.17) is 0 Å². The Morgan fingerprint density at radius 1 is 0.929 bits per heavy atom. The molecule has 0 aromatic heterocycles. The van der Waals surface area contributed by atoms with Crippen molar-refractivity contribution in [2.24, 2.45) is 17.8 Å². The lowest BCUT2D eigenvalue weighted by molar-refractivity contribution is -0.143. The van der Waals surface area contributed by atoms with Crippen LogP contribution in [0.3, 0.4) is 0 Å². The van der Waals surface area contributed by atoms with Crippen molar-refractivity contribution in [3.63, 3.8) is 0 Å². The molecular formula is C24H36N2O2. The summed E-state index contributed by atoms with van der Waals surface area (Å²) in [5.41, 5.74) is 2.74. The SMILES string of the molecule is Cc1ccc(CCC2CCN(C(=O)C3CCN(C(=O)C(C)C)CC3)CC2)cc1. The lowest BCUT2D eigenvalue weighted by Gasteiger charge is -2.37. The fourth-order valence-electron chi connectivity index (χ4n) is 4.54. The molecule has 3 rings (SSSR count). The Morgan fingerprint density at radius 3 is 2.07 bits per heavy atom. The molecule has 2 aliphatic rings. The van der Waals surface area contributed by atoms with Gasteiger partial charge in [-0.15, -0.1) is 0 Å². The minimum atomic E-state index is 0.0474. The van der Waals surface area contributed by atoms with Crippen LogP contribution in [0.5, 0.6) is 0 Å². The Balaban J connectivity index is 1.39. The predicted molar refractivity (Wildman–Crippen MR) is 113 cm³/mol. The van der Waals surface area contributed by atoms with E-state index in [1.165, 1.54) is 17.5 Å². The van der Waals surface area contributed by atoms with Crippen molar-refractivity contribution >= 4 is 11.8 Å². The average molecular weight is 385 g/mol. The molecule has 28 heavy (non-hydrogen) atoms. The Bertz CT molecular complexity index is 652. The van der Waals surface area contributed by atoms with Crippen LogP contribution in [0.1, 0.15) is 57.1 Å². The molecule has 0 bridgehead atoms. The summed E-state index contributed by atoms with van der Waals surface area (Å²) < 4.78 is 0. The molecule has 2 heterocycles. The molecule has 0 aliphatic carbocycles. The number of aryl methyl sites for hydroxylation is 2. The summed E-state index contributed by atoms with van der Waals surface area (Å²) in [7, 11) is 0. The first-order valence-electron chi connectivity index (χ1n) is 11.1. The highest BCUT2D eigenvalue weighted by Gasteiger charge is 2.32. The van der Waals surface area contributed by atoms with Crippen molar-refractivity contribution in [2.45, 2.75) is 59.3 Å². The quantitative estimate of drug-likeness (QED) is 0.768. The van der Waals surface area contributed by atoms with Gasteiger partial charge in [0.25, 0.3) is 0 Å². The first kappa shape index (κ1) is 20.9. The molecule has 0 N–H and O–H groups in total. The number of amides is 2. The summed E-state index contributed by atoms with van der Waals surface area (Å²) in [5.74, 6) is 1.44. The summed E-state index contributed by atoms with van der Waals surface area (Å²) in [4.78, 5) is 29.1. The zero-order valence-corrected chi connectivity index (χ0v) is 17.8. The van der Waals surface area contributed by atoms with E-state index in [2.05, 4.69) is 36.1 Å². The van der Waals surface area contributed by atoms with Crippen LogP contribution in [0.2, 0.25) is 0 Å². The van der Waals surface area contributed by atoms with E-state index < -0.39 is 0 Å². The summed E-state index contributed by atoms with van der Waals surface area (Å²) in [5, 5.41) is 0. The summed E-state index contributed by atoms with van der Waals surface area (Å²) in [6, 6.07) is 8.86. The summed E-state index contributed by atoms with van der Waals surface area (Å²) in [6.45, 7) is 9.31. The van der Waals surface area contributed by atoms with Gasteiger partial charge in [0.15, 0.2) is 0 Å². The maximum atomic E-state index is 12.9. The molecule has 4 nitrogen and oxygen atoms in total. The highest BCUT2D eigenvalue weighted by atomic mass is 16.2. The summed E-state index contributed by atoms with van der Waals surface area (Å²) >= 11 is 0. The number of carbonyl (C=O) groups excluding carboxylic acids is 2. The van der Waals surface area contributed by atoms with E-state index >= 15 is 0 Å². The minimum absolute atomic E-state index is 0.0474. The monoisotopic (exact) mass is 384 g/mol. The molecule has 2 aliphatic heterocycles. The zero-order chi connectivity index (χ0) is 20.1. The summed E-state index contributed by atoms with van der Waals surface area (Å²) in [6.07, 6.45) is 6.27. The topological polar surface area (TPSA) is 40.6 Å². The van der Waals surface area contributed by atoms with Gasteiger partial charge < -0.3 is 9.80 Å². The van der Waals surface area contributed by atoms with Gasteiger partial charge in [-0.3, -0.25) is 9.59 Å². The van der Waals surface area contributed by atoms with E-state index in [0.29, 0.717) is 5.91 Å². The first-order valence-corrected chi connectivity index (χ1v) is 11.1. The molecule has 4 heteroatoms. The van der Waals surface area contributed by atoms with Crippen molar-refractivity contribution in [2.75, 3.05) is 26.2 Å². The molecule has 2 fully saturated rings. The average Bonchev–Trinajstić information content (AvgIpc) is 2.73. The molecular weight excluding hydrogens is 348 g/mol. The van der Waals surface area contributed by atoms with Crippen molar-refractivity contribution in [3.8, 4) is 0 Å². The molecule has 0 unspecified atom stereocenters. The number of piperidine rings is 2. The molecule has 154 valence electrons. The lowest BCUT2D eigenvalue weighted by Crippen LogP contribution is -2.47. The lowest BCUT2D eigenvalue weighted by atomic mass is 9.88. The fourth-order valence-corrected chi connectivity index (χ4v) is 4.54. The number of hydrogen-bond donors (Lipinski definition) is 0. The number of benzene rings is 1. The fraction of sp³-hybridized carbons (Fsp3) is 0.667. The Labute approximate surface area is 170 Å². The van der Waals surface area contributed by atoms with E-state index in [1.807, 2.05) is 18.7 Å². The minimum Gasteiger partial charge on any atom is -0.342 e. The number of likely N-dealkylation sites (tertiary alicyclic amines) is 2. The number of nitrogens with zero attached hydrogens (tertiary/aromatic N) is 2. The standard InChI is InChI=1S/C24H36N2O2/c1-18(2)23(27)25-16-12-22(13-17-25)24(28)26-14-10-21(11-15-26)9-8-20-6-4-19(3)5-7-20/h4-7,18,21-22H,8-17H2,1-3H3. The van der Waals surface area contributed by atoms with Crippen LogP contribution in [0.25, 0.3) is 0 Å². The van der Waals surface area contributed by atoms with Crippen LogP contribution in [0, 0.1) is 24.7 Å². The maximum absolute atomic E-state index is 12.9. The van der Waals surface area contributed by atoms with Gasteiger partial charge in [-0.05, 0) is 56.9 Å². The largest absolute Gasteiger partial charge is 0.342 e. The second kappa shape index (κ2) is 9.58. The van der Waals surface area contributed by atoms with Gasteiger partial charge in [0, 0.05) is 38.0 Å². The normalized spacial score (nSPS) is 19.3. The van der Waals surface area contributed by atoms with Crippen LogP contribution >= 0.6 is 0 Å². The van der Waals surface area contributed by atoms with E-state index in [0.717, 1.165) is 64.2 Å². The molecule has 2 saturated heterocycles. The highest BCUT2D eigenvalue weighted by molar-refractivity contribution is 5.81. The van der Waals surface area contributed by atoms with Crippen molar-refractivity contribution < 1.29 is 9.59 Å². The van der Waals surface area contributed by atoms with Crippen LogP contribution in [0.4, 0.5) is 0 Å². The second-order valence-corrected chi connectivity index (χ2v) is 9.05. The molecule has 2 amide bonds. The third-order valence-corrected chi connectivity index (χ3v) is 6.54. The van der Waals surface area contributed by atoms with Gasteiger partial charge >= 0.3 is 0 Å². The van der Waals surface area contributed by atoms with Gasteiger partial charge in [-0.1, -0.05) is 43.7 Å². The van der Waals surface area contributed by atoms with Crippen LogP contribution < -0.4 is 0 Å². The van der Waals surface area contributed by atoms with Gasteiger partial charge in [-0.2, -0.15) is 0 Å². The molecule has 1 aromatic carbocycles. The number of carbonyl (C=O) groups is 2. The van der Waals surface area contributed by atoms with E-state index in [9.17, 15) is 9.59 Å². The number of hydrogen-bond acceptors (Lipinski definition) is 2. The van der Waals surface area contributed by atoms with E-state index in [1.54, 1.807) is 0 Å². The highest BCUT2D eigenvalue weighted by Crippen LogP contribution is 2.26. The molecule has 0 saturated carbocycles. The van der Waals surface area contributed by atoms with Gasteiger partial charge in [0.05, 0.1) is 0 Å². The van der Waals surface area contributed by atoms with Gasteiger partial charge in [0.2, 0.25) is 11.8 Å². The van der Waals surface area contributed by atoms with E-state index in [-0.39, 0.29) is 17.7 Å². The third-order valence-electron chi connectivity index (χ3n) is 6.54. The second-order valence-electron chi connectivity index (χ2n) is 9.05. The predicted octanol–water partition coefficient (Wildman–Crippen LogP) is 4.06. The van der Waals surface area contributed by atoms with Crippen LogP contribution in [0.15, 0.2) is 24.3 Å². The van der Waals surface area contributed by atoms with Crippen LogP contribution in [-0.2, 0) is 16.0 Å². The van der Waals surface area contributed by atoms with Crippen molar-refractivity contribution in [3.05, 3.63) is 35.4 Å². The molecule has 0 atom stereocenters. The first-order chi connectivity index (χ1) is 13.4. The van der Waals surface area contributed by atoms with Crippen LogP contribution in [-0.4, -0.2) is 47.8 Å². The molecule has 1 aromatic rings. The van der Waals surface area contributed by atoms with Gasteiger partial charge in [-0.25, -0.2) is 0 Å².